The van der Waals surface area contributed by atoms with Gasteiger partial charge in [0.1, 0.15) is 4.60 Å². The van der Waals surface area contributed by atoms with Crippen molar-refractivity contribution in [2.75, 3.05) is 11.9 Å². The molecule has 16 heavy (non-hydrogen) atoms. The van der Waals surface area contributed by atoms with E-state index in [0.29, 0.717) is 10.4 Å². The molecule has 1 aliphatic heterocycles. The van der Waals surface area contributed by atoms with E-state index in [1.165, 1.54) is 6.20 Å². The minimum absolute atomic E-state index is 0.0541. The molecular weight excluding hydrogens is 272 g/mol. The summed E-state index contributed by atoms with van der Waals surface area (Å²) < 4.78 is 0.649. The van der Waals surface area contributed by atoms with Crippen molar-refractivity contribution in [1.82, 2.24) is 15.3 Å². The van der Waals surface area contributed by atoms with Gasteiger partial charge < -0.3 is 10.6 Å². The van der Waals surface area contributed by atoms with Gasteiger partial charge in [-0.2, -0.15) is 0 Å². The van der Waals surface area contributed by atoms with E-state index in [1.807, 2.05) is 6.92 Å². The highest BCUT2D eigenvalue weighted by Crippen LogP contribution is 2.20. The standard InChI is InChI=1S/C10H13BrN4O/c1-10(3-2-4-14-10)9(16)15-8-6-12-7(11)5-13-8/h5-6,14H,2-4H2,1H3,(H,13,15,16). The van der Waals surface area contributed by atoms with Gasteiger partial charge >= 0.3 is 0 Å². The van der Waals surface area contributed by atoms with Gasteiger partial charge in [-0.05, 0) is 42.2 Å². The largest absolute Gasteiger partial charge is 0.308 e. The first-order valence-corrected chi connectivity index (χ1v) is 5.93. The van der Waals surface area contributed by atoms with E-state index in [9.17, 15) is 4.79 Å². The van der Waals surface area contributed by atoms with E-state index in [-0.39, 0.29) is 5.91 Å². The number of nitrogens with zero attached hydrogens (tertiary/aromatic N) is 2. The third-order valence-corrected chi connectivity index (χ3v) is 3.14. The van der Waals surface area contributed by atoms with Crippen LogP contribution in [0.1, 0.15) is 19.8 Å². The number of carbonyl (C=O) groups is 1. The summed E-state index contributed by atoms with van der Waals surface area (Å²) >= 11 is 3.19. The molecule has 1 unspecified atom stereocenters. The molecule has 1 fully saturated rings. The molecule has 2 N–H and O–H groups in total. The number of carbonyl (C=O) groups excluding carboxylic acids is 1. The Labute approximate surface area is 102 Å². The van der Waals surface area contributed by atoms with Gasteiger partial charge in [0, 0.05) is 0 Å². The van der Waals surface area contributed by atoms with E-state index >= 15 is 0 Å². The zero-order valence-electron chi connectivity index (χ0n) is 8.96. The molecule has 1 atom stereocenters. The molecule has 1 aromatic rings. The molecule has 0 radical (unpaired) electrons. The van der Waals surface area contributed by atoms with E-state index in [1.54, 1.807) is 6.20 Å². The zero-order valence-corrected chi connectivity index (χ0v) is 10.5. The maximum atomic E-state index is 12.0. The van der Waals surface area contributed by atoms with Gasteiger partial charge in [0.25, 0.3) is 0 Å². The molecule has 1 saturated heterocycles. The number of aromatic nitrogens is 2. The first-order valence-electron chi connectivity index (χ1n) is 5.14. The van der Waals surface area contributed by atoms with Crippen LogP contribution in [0.25, 0.3) is 0 Å². The molecule has 2 rings (SSSR count). The molecule has 1 aliphatic rings. The second kappa shape index (κ2) is 4.47. The highest BCUT2D eigenvalue weighted by molar-refractivity contribution is 9.10. The van der Waals surface area contributed by atoms with Gasteiger partial charge in [0.05, 0.1) is 17.9 Å². The number of nitrogens with one attached hydrogen (secondary N) is 2. The molecule has 0 aromatic carbocycles. The summed E-state index contributed by atoms with van der Waals surface area (Å²) in [7, 11) is 0. The van der Waals surface area contributed by atoms with Crippen LogP contribution in [-0.4, -0.2) is 28.0 Å². The average Bonchev–Trinajstić information content (AvgIpc) is 2.70. The minimum Gasteiger partial charge on any atom is -0.308 e. The lowest BCUT2D eigenvalue weighted by molar-refractivity contribution is -0.121. The second-order valence-electron chi connectivity index (χ2n) is 4.04. The fourth-order valence-corrected chi connectivity index (χ4v) is 1.92. The number of hydrogen-bond acceptors (Lipinski definition) is 4. The number of amides is 1. The van der Waals surface area contributed by atoms with Crippen LogP contribution in [0.4, 0.5) is 5.82 Å². The highest BCUT2D eigenvalue weighted by atomic mass is 79.9. The van der Waals surface area contributed by atoms with Gasteiger partial charge in [0.2, 0.25) is 5.91 Å². The van der Waals surface area contributed by atoms with Crippen LogP contribution in [0.3, 0.4) is 0 Å². The van der Waals surface area contributed by atoms with Gasteiger partial charge in [-0.25, -0.2) is 9.97 Å². The fraction of sp³-hybridized carbons (Fsp3) is 0.500. The number of rotatable bonds is 2. The summed E-state index contributed by atoms with van der Waals surface area (Å²) in [5, 5.41) is 5.95. The molecule has 86 valence electrons. The molecular formula is C10H13BrN4O. The van der Waals surface area contributed by atoms with Crippen LogP contribution in [-0.2, 0) is 4.79 Å². The first-order chi connectivity index (χ1) is 7.60. The first kappa shape index (κ1) is 11.5. The molecule has 0 saturated carbocycles. The average molecular weight is 285 g/mol. The molecule has 0 bridgehead atoms. The molecule has 0 aliphatic carbocycles. The van der Waals surface area contributed by atoms with Gasteiger partial charge in [-0.15, -0.1) is 0 Å². The number of hydrogen-bond donors (Lipinski definition) is 2. The van der Waals surface area contributed by atoms with Crippen molar-refractivity contribution in [1.29, 1.82) is 0 Å². The summed E-state index contributed by atoms with van der Waals surface area (Å²) in [6.45, 7) is 2.79. The maximum Gasteiger partial charge on any atom is 0.245 e. The maximum absolute atomic E-state index is 12.0. The lowest BCUT2D eigenvalue weighted by Crippen LogP contribution is -2.48. The van der Waals surface area contributed by atoms with Crippen molar-refractivity contribution in [3.8, 4) is 0 Å². The van der Waals surface area contributed by atoms with Crippen LogP contribution in [0.2, 0.25) is 0 Å². The minimum atomic E-state index is -0.477. The normalized spacial score (nSPS) is 24.4. The third-order valence-electron chi connectivity index (χ3n) is 2.73. The summed E-state index contributed by atoms with van der Waals surface area (Å²) in [5.41, 5.74) is -0.477. The quantitative estimate of drug-likeness (QED) is 0.860. The Hall–Kier alpha value is -1.01. The van der Waals surface area contributed by atoms with Crippen molar-refractivity contribution in [3.05, 3.63) is 17.0 Å². The van der Waals surface area contributed by atoms with Crippen molar-refractivity contribution in [2.45, 2.75) is 25.3 Å². The molecule has 1 amide bonds. The van der Waals surface area contributed by atoms with Crippen molar-refractivity contribution >= 4 is 27.7 Å². The summed E-state index contributed by atoms with van der Waals surface area (Å²) in [6, 6.07) is 0. The lowest BCUT2D eigenvalue weighted by Gasteiger charge is -2.22. The molecule has 5 nitrogen and oxygen atoms in total. The van der Waals surface area contributed by atoms with Crippen LogP contribution in [0, 0.1) is 0 Å². The van der Waals surface area contributed by atoms with Gasteiger partial charge in [0.15, 0.2) is 5.82 Å². The van der Waals surface area contributed by atoms with E-state index in [4.69, 9.17) is 0 Å². The van der Waals surface area contributed by atoms with Crippen LogP contribution >= 0.6 is 15.9 Å². The second-order valence-corrected chi connectivity index (χ2v) is 4.85. The Bertz CT molecular complexity index is 386. The Morgan fingerprint density at radius 1 is 1.56 bits per heavy atom. The number of halogens is 1. The van der Waals surface area contributed by atoms with Gasteiger partial charge in [-0.1, -0.05) is 0 Å². The topological polar surface area (TPSA) is 66.9 Å². The smallest absolute Gasteiger partial charge is 0.245 e. The lowest BCUT2D eigenvalue weighted by atomic mass is 9.99. The van der Waals surface area contributed by atoms with E-state index < -0.39 is 5.54 Å². The molecule has 1 aromatic heterocycles. The fourth-order valence-electron chi connectivity index (χ4n) is 1.72. The molecule has 0 spiro atoms. The van der Waals surface area contributed by atoms with Gasteiger partial charge in [-0.3, -0.25) is 4.79 Å². The Balaban J connectivity index is 2.04. The SMILES string of the molecule is CC1(C(=O)Nc2cnc(Br)cn2)CCCN1. The van der Waals surface area contributed by atoms with Crippen LogP contribution in [0.15, 0.2) is 17.0 Å². The third kappa shape index (κ3) is 2.38. The monoisotopic (exact) mass is 284 g/mol. The van der Waals surface area contributed by atoms with E-state index in [2.05, 4.69) is 36.5 Å². The van der Waals surface area contributed by atoms with E-state index in [0.717, 1.165) is 19.4 Å². The predicted octanol–water partition coefficient (Wildman–Crippen LogP) is 1.32. The molecule has 6 heteroatoms. The predicted molar refractivity (Wildman–Crippen MR) is 64.0 cm³/mol. The Morgan fingerprint density at radius 3 is 2.94 bits per heavy atom. The summed E-state index contributed by atoms with van der Waals surface area (Å²) in [5.74, 6) is 0.421. The van der Waals surface area contributed by atoms with Crippen molar-refractivity contribution in [3.63, 3.8) is 0 Å². The Morgan fingerprint density at radius 2 is 2.38 bits per heavy atom. The highest BCUT2D eigenvalue weighted by Gasteiger charge is 2.35. The summed E-state index contributed by atoms with van der Waals surface area (Å²) in [6.07, 6.45) is 4.96. The van der Waals surface area contributed by atoms with Crippen LogP contribution in [0.5, 0.6) is 0 Å². The zero-order chi connectivity index (χ0) is 11.6. The number of anilines is 1. The van der Waals surface area contributed by atoms with Crippen molar-refractivity contribution < 1.29 is 4.79 Å². The van der Waals surface area contributed by atoms with Crippen molar-refractivity contribution in [2.24, 2.45) is 0 Å². The Kier molecular flexibility index (Phi) is 3.20. The van der Waals surface area contributed by atoms with Crippen LogP contribution < -0.4 is 10.6 Å². The summed E-state index contributed by atoms with van der Waals surface area (Å²) in [4.78, 5) is 20.0. The molecule has 2 heterocycles.